The number of hydrogen-bond acceptors (Lipinski definition) is 3. The Morgan fingerprint density at radius 3 is 3.06 bits per heavy atom. The summed E-state index contributed by atoms with van der Waals surface area (Å²) in [5, 5.41) is 6.79. The number of hydrogen-bond donors (Lipinski definition) is 2. The van der Waals surface area contributed by atoms with Gasteiger partial charge in [-0.1, -0.05) is 0 Å². The Bertz CT molecular complexity index is 474. The summed E-state index contributed by atoms with van der Waals surface area (Å²) >= 11 is 0. The largest absolute Gasteiger partial charge is 0.351 e. The zero-order valence-corrected chi connectivity index (χ0v) is 9.68. The summed E-state index contributed by atoms with van der Waals surface area (Å²) in [6, 6.07) is 1.70. The molecule has 0 saturated carbocycles. The molecular formula is C11H15N5O. The van der Waals surface area contributed by atoms with Crippen LogP contribution in [0.3, 0.4) is 0 Å². The van der Waals surface area contributed by atoms with Gasteiger partial charge in [-0.2, -0.15) is 5.10 Å². The summed E-state index contributed by atoms with van der Waals surface area (Å²) in [5.41, 5.74) is 0.572. The van der Waals surface area contributed by atoms with Crippen molar-refractivity contribution in [3.63, 3.8) is 0 Å². The minimum Gasteiger partial charge on any atom is -0.351 e. The van der Waals surface area contributed by atoms with E-state index in [-0.39, 0.29) is 5.91 Å². The first-order chi connectivity index (χ1) is 8.27. The van der Waals surface area contributed by atoms with Crippen molar-refractivity contribution in [3.8, 4) is 0 Å². The summed E-state index contributed by atoms with van der Waals surface area (Å²) in [6.45, 7) is 0.630. The third-order valence-electron chi connectivity index (χ3n) is 2.48. The summed E-state index contributed by atoms with van der Waals surface area (Å²) in [5.74, 6) is 0.851. The molecule has 0 radical (unpaired) electrons. The van der Waals surface area contributed by atoms with E-state index < -0.39 is 0 Å². The maximum Gasteiger partial charge on any atom is 0.269 e. The molecule has 0 aliphatic heterocycles. The van der Waals surface area contributed by atoms with Crippen molar-refractivity contribution in [1.82, 2.24) is 25.1 Å². The van der Waals surface area contributed by atoms with E-state index >= 15 is 0 Å². The number of amides is 1. The molecule has 0 saturated heterocycles. The molecule has 0 bridgehead atoms. The molecular weight excluding hydrogens is 218 g/mol. The Balaban J connectivity index is 1.72. The van der Waals surface area contributed by atoms with Crippen LogP contribution in [0.2, 0.25) is 0 Å². The molecule has 0 aromatic carbocycles. The van der Waals surface area contributed by atoms with Gasteiger partial charge in [-0.05, 0) is 12.5 Å². The van der Waals surface area contributed by atoms with Crippen molar-refractivity contribution in [2.75, 3.05) is 6.54 Å². The lowest BCUT2D eigenvalue weighted by Gasteiger charge is -2.04. The third-order valence-corrected chi connectivity index (χ3v) is 2.48. The smallest absolute Gasteiger partial charge is 0.269 e. The number of carbonyl (C=O) groups excluding carboxylic acids is 1. The lowest BCUT2D eigenvalue weighted by atomic mass is 10.3. The molecule has 2 heterocycles. The number of aromatic nitrogens is 4. The van der Waals surface area contributed by atoms with E-state index in [9.17, 15) is 4.79 Å². The SMILES string of the molecule is Cn1nccc1C(=O)NCCCc1ncc[nH]1. The van der Waals surface area contributed by atoms with Gasteiger partial charge in [0.1, 0.15) is 11.5 Å². The molecule has 0 spiro atoms. The van der Waals surface area contributed by atoms with Crippen LogP contribution < -0.4 is 5.32 Å². The average molecular weight is 233 g/mol. The molecule has 0 fully saturated rings. The van der Waals surface area contributed by atoms with Crippen LogP contribution >= 0.6 is 0 Å². The van der Waals surface area contributed by atoms with Crippen LogP contribution in [-0.4, -0.2) is 32.2 Å². The highest BCUT2D eigenvalue weighted by Crippen LogP contribution is 1.97. The first-order valence-corrected chi connectivity index (χ1v) is 5.52. The highest BCUT2D eigenvalue weighted by molar-refractivity contribution is 5.92. The van der Waals surface area contributed by atoms with Crippen LogP contribution in [0, 0.1) is 0 Å². The van der Waals surface area contributed by atoms with Crippen LogP contribution in [0.5, 0.6) is 0 Å². The normalized spacial score (nSPS) is 10.4. The Kier molecular flexibility index (Phi) is 3.54. The van der Waals surface area contributed by atoms with Crippen molar-refractivity contribution < 1.29 is 4.79 Å². The quantitative estimate of drug-likeness (QED) is 0.739. The van der Waals surface area contributed by atoms with Gasteiger partial charge in [0.05, 0.1) is 0 Å². The van der Waals surface area contributed by atoms with Gasteiger partial charge in [-0.3, -0.25) is 9.48 Å². The molecule has 2 aromatic rings. The molecule has 0 unspecified atom stereocenters. The summed E-state index contributed by atoms with van der Waals surface area (Å²) in [4.78, 5) is 18.8. The highest BCUT2D eigenvalue weighted by atomic mass is 16.2. The molecule has 2 N–H and O–H groups in total. The maximum atomic E-state index is 11.7. The molecule has 90 valence electrons. The molecule has 0 aliphatic carbocycles. The van der Waals surface area contributed by atoms with E-state index in [1.807, 2.05) is 0 Å². The molecule has 2 rings (SSSR count). The van der Waals surface area contributed by atoms with Crippen molar-refractivity contribution in [2.24, 2.45) is 7.05 Å². The first kappa shape index (κ1) is 11.4. The summed E-state index contributed by atoms with van der Waals surface area (Å²) < 4.78 is 1.56. The lowest BCUT2D eigenvalue weighted by Crippen LogP contribution is -2.26. The van der Waals surface area contributed by atoms with E-state index in [1.54, 1.807) is 36.4 Å². The van der Waals surface area contributed by atoms with Crippen molar-refractivity contribution in [3.05, 3.63) is 36.2 Å². The van der Waals surface area contributed by atoms with Gasteiger partial charge in [0, 0.05) is 38.6 Å². The number of imidazole rings is 1. The minimum atomic E-state index is -0.0931. The Labute approximate surface area is 99.1 Å². The van der Waals surface area contributed by atoms with Gasteiger partial charge in [0.25, 0.3) is 5.91 Å². The third kappa shape index (κ3) is 2.93. The second kappa shape index (κ2) is 5.29. The van der Waals surface area contributed by atoms with Crippen molar-refractivity contribution >= 4 is 5.91 Å². The first-order valence-electron chi connectivity index (χ1n) is 5.52. The van der Waals surface area contributed by atoms with Crippen molar-refractivity contribution in [1.29, 1.82) is 0 Å². The van der Waals surface area contributed by atoms with Crippen molar-refractivity contribution in [2.45, 2.75) is 12.8 Å². The molecule has 6 heteroatoms. The van der Waals surface area contributed by atoms with Gasteiger partial charge in [0.15, 0.2) is 0 Å². The standard InChI is InChI=1S/C11H15N5O/c1-16-9(4-6-15-16)11(17)14-5-2-3-10-12-7-8-13-10/h4,6-8H,2-3,5H2,1H3,(H,12,13)(H,14,17). The topological polar surface area (TPSA) is 75.6 Å². The molecule has 1 amide bonds. The predicted molar refractivity (Wildman–Crippen MR) is 62.4 cm³/mol. The Morgan fingerprint density at radius 2 is 2.41 bits per heavy atom. The van der Waals surface area contributed by atoms with Crippen LogP contribution in [0.15, 0.2) is 24.7 Å². The predicted octanol–water partition coefficient (Wildman–Crippen LogP) is 0.506. The second-order valence-electron chi connectivity index (χ2n) is 3.74. The monoisotopic (exact) mass is 233 g/mol. The Hall–Kier alpha value is -2.11. The minimum absolute atomic E-state index is 0.0931. The fourth-order valence-corrected chi connectivity index (χ4v) is 1.58. The summed E-state index contributed by atoms with van der Waals surface area (Å²) in [6.07, 6.45) is 6.82. The number of rotatable bonds is 5. The highest BCUT2D eigenvalue weighted by Gasteiger charge is 2.08. The van der Waals surface area contributed by atoms with E-state index in [0.717, 1.165) is 18.7 Å². The van der Waals surface area contributed by atoms with Crippen LogP contribution in [0.1, 0.15) is 22.7 Å². The van der Waals surface area contributed by atoms with E-state index in [1.165, 1.54) is 0 Å². The zero-order valence-electron chi connectivity index (χ0n) is 9.68. The Morgan fingerprint density at radius 1 is 1.53 bits per heavy atom. The molecule has 2 aromatic heterocycles. The fourth-order valence-electron chi connectivity index (χ4n) is 1.58. The molecule has 0 aliphatic rings. The second-order valence-corrected chi connectivity index (χ2v) is 3.74. The van der Waals surface area contributed by atoms with E-state index in [2.05, 4.69) is 20.4 Å². The summed E-state index contributed by atoms with van der Waals surface area (Å²) in [7, 11) is 1.75. The molecule has 6 nitrogen and oxygen atoms in total. The number of H-pyrrole nitrogens is 1. The number of nitrogens with one attached hydrogen (secondary N) is 2. The van der Waals surface area contributed by atoms with Crippen LogP contribution in [0.4, 0.5) is 0 Å². The number of aromatic amines is 1. The van der Waals surface area contributed by atoms with Crippen LogP contribution in [-0.2, 0) is 13.5 Å². The number of aryl methyl sites for hydroxylation is 2. The number of carbonyl (C=O) groups is 1. The average Bonchev–Trinajstić information content (AvgIpc) is 2.95. The zero-order chi connectivity index (χ0) is 12.1. The maximum absolute atomic E-state index is 11.7. The van der Waals surface area contributed by atoms with Gasteiger partial charge >= 0.3 is 0 Å². The van der Waals surface area contributed by atoms with Crippen LogP contribution in [0.25, 0.3) is 0 Å². The molecule has 0 atom stereocenters. The lowest BCUT2D eigenvalue weighted by molar-refractivity contribution is 0.0944. The van der Waals surface area contributed by atoms with E-state index in [4.69, 9.17) is 0 Å². The fraction of sp³-hybridized carbons (Fsp3) is 0.364. The van der Waals surface area contributed by atoms with Gasteiger partial charge < -0.3 is 10.3 Å². The van der Waals surface area contributed by atoms with Gasteiger partial charge in [-0.25, -0.2) is 4.98 Å². The molecule has 17 heavy (non-hydrogen) atoms. The van der Waals surface area contributed by atoms with Gasteiger partial charge in [0.2, 0.25) is 0 Å². The van der Waals surface area contributed by atoms with Gasteiger partial charge in [-0.15, -0.1) is 0 Å². The number of nitrogens with zero attached hydrogens (tertiary/aromatic N) is 3. The van der Waals surface area contributed by atoms with E-state index in [0.29, 0.717) is 12.2 Å².